The van der Waals surface area contributed by atoms with Crippen LogP contribution < -0.4 is 5.56 Å². The van der Waals surface area contributed by atoms with Crippen LogP contribution in [0.3, 0.4) is 0 Å². The summed E-state index contributed by atoms with van der Waals surface area (Å²) in [6.07, 6.45) is -1.37. The van der Waals surface area contributed by atoms with Gasteiger partial charge in [-0.25, -0.2) is 8.78 Å². The monoisotopic (exact) mass is 315 g/mol. The van der Waals surface area contributed by atoms with Crippen LogP contribution in [0.5, 0.6) is 0 Å². The van der Waals surface area contributed by atoms with Crippen LogP contribution in [0.1, 0.15) is 17.6 Å². The van der Waals surface area contributed by atoms with Crippen molar-refractivity contribution < 1.29 is 8.78 Å². The van der Waals surface area contributed by atoms with Crippen LogP contribution in [0.15, 0.2) is 15.5 Å². The molecule has 1 N–H and O–H groups in total. The second-order valence-corrected chi connectivity index (χ2v) is 3.66. The van der Waals surface area contributed by atoms with Gasteiger partial charge in [-0.1, -0.05) is 15.9 Å². The van der Waals surface area contributed by atoms with Gasteiger partial charge in [0.1, 0.15) is 0 Å². The SMILES string of the molecule is O=c1[nH]cc(CBr)c(C(F)F)c1Br. The normalized spacial score (nSPS) is 10.8. The number of nitrogens with one attached hydrogen (secondary N) is 1. The Kier molecular flexibility index (Phi) is 3.61. The van der Waals surface area contributed by atoms with Gasteiger partial charge in [-0.15, -0.1) is 0 Å². The number of H-pyrrole nitrogens is 1. The average Bonchev–Trinajstić information content (AvgIpc) is 2.08. The van der Waals surface area contributed by atoms with Gasteiger partial charge in [0.05, 0.1) is 4.47 Å². The first-order valence-corrected chi connectivity index (χ1v) is 5.23. The zero-order valence-corrected chi connectivity index (χ0v) is 9.45. The van der Waals surface area contributed by atoms with Gasteiger partial charge >= 0.3 is 0 Å². The van der Waals surface area contributed by atoms with Crippen molar-refractivity contribution in [2.75, 3.05) is 0 Å². The molecule has 1 aromatic rings. The molecule has 0 amide bonds. The molecular formula is C7H5Br2F2NO. The predicted molar refractivity (Wildman–Crippen MR) is 52.4 cm³/mol. The topological polar surface area (TPSA) is 32.9 Å². The molecule has 0 aliphatic carbocycles. The molecule has 0 aromatic carbocycles. The summed E-state index contributed by atoms with van der Waals surface area (Å²) in [4.78, 5) is 13.3. The van der Waals surface area contributed by atoms with Crippen molar-refractivity contribution in [2.24, 2.45) is 0 Å². The van der Waals surface area contributed by atoms with Gasteiger partial charge in [0.25, 0.3) is 12.0 Å². The Hall–Kier alpha value is -0.230. The highest BCUT2D eigenvalue weighted by molar-refractivity contribution is 9.10. The Balaban J connectivity index is 3.41. The summed E-state index contributed by atoms with van der Waals surface area (Å²) >= 11 is 5.89. The Morgan fingerprint density at radius 1 is 1.54 bits per heavy atom. The number of aromatic amines is 1. The molecule has 13 heavy (non-hydrogen) atoms. The zero-order chi connectivity index (χ0) is 10.0. The number of alkyl halides is 3. The summed E-state index contributed by atoms with van der Waals surface area (Å²) in [5.41, 5.74) is -0.415. The van der Waals surface area contributed by atoms with E-state index in [0.717, 1.165) is 0 Å². The molecule has 0 spiro atoms. The van der Waals surface area contributed by atoms with E-state index in [1.54, 1.807) is 0 Å². The summed E-state index contributed by atoms with van der Waals surface area (Å²) in [5, 5.41) is 0.280. The molecule has 0 aliphatic heterocycles. The third kappa shape index (κ3) is 2.17. The third-order valence-electron chi connectivity index (χ3n) is 1.52. The van der Waals surface area contributed by atoms with Crippen LogP contribution >= 0.6 is 31.9 Å². The highest BCUT2D eigenvalue weighted by Crippen LogP contribution is 2.28. The molecule has 0 aliphatic rings. The standard InChI is InChI=1S/C7H5Br2F2NO/c8-1-3-2-12-7(13)5(9)4(3)6(10)11/h2,6H,1H2,(H,12,13). The number of hydrogen-bond donors (Lipinski definition) is 1. The summed E-state index contributed by atoms with van der Waals surface area (Å²) in [6.45, 7) is 0. The Bertz CT molecular complexity index is 364. The minimum Gasteiger partial charge on any atom is -0.328 e. The predicted octanol–water partition coefficient (Wildman–Crippen LogP) is 2.97. The Morgan fingerprint density at radius 2 is 2.15 bits per heavy atom. The fourth-order valence-electron chi connectivity index (χ4n) is 0.904. The lowest BCUT2D eigenvalue weighted by Gasteiger charge is -2.06. The first kappa shape index (κ1) is 10.8. The minimum absolute atomic E-state index is 0.0977. The van der Waals surface area contributed by atoms with E-state index < -0.39 is 12.0 Å². The van der Waals surface area contributed by atoms with E-state index in [9.17, 15) is 13.6 Å². The quantitative estimate of drug-likeness (QED) is 0.836. The van der Waals surface area contributed by atoms with Crippen molar-refractivity contribution in [1.82, 2.24) is 4.98 Å². The molecule has 72 valence electrons. The van der Waals surface area contributed by atoms with E-state index in [2.05, 4.69) is 36.8 Å². The Labute approximate surface area is 89.6 Å². The number of pyridine rings is 1. The molecule has 2 nitrogen and oxygen atoms in total. The Morgan fingerprint density at radius 3 is 2.62 bits per heavy atom. The molecule has 0 atom stereocenters. The smallest absolute Gasteiger partial charge is 0.265 e. The van der Waals surface area contributed by atoms with Crippen LogP contribution in [-0.2, 0) is 5.33 Å². The molecule has 0 saturated carbocycles. The van der Waals surface area contributed by atoms with Gasteiger partial charge < -0.3 is 4.98 Å². The van der Waals surface area contributed by atoms with E-state index in [1.807, 2.05) is 0 Å². The van der Waals surface area contributed by atoms with E-state index in [0.29, 0.717) is 5.56 Å². The van der Waals surface area contributed by atoms with Gasteiger partial charge in [-0.2, -0.15) is 0 Å². The van der Waals surface area contributed by atoms with E-state index in [-0.39, 0.29) is 15.4 Å². The number of halogens is 4. The molecular weight excluding hydrogens is 312 g/mol. The van der Waals surface area contributed by atoms with E-state index in [1.165, 1.54) is 6.20 Å². The average molecular weight is 317 g/mol. The first-order chi connectivity index (χ1) is 6.07. The minimum atomic E-state index is -2.65. The summed E-state index contributed by atoms with van der Waals surface area (Å²) in [7, 11) is 0. The highest BCUT2D eigenvalue weighted by atomic mass is 79.9. The molecule has 1 heterocycles. The van der Waals surface area contributed by atoms with E-state index >= 15 is 0 Å². The van der Waals surface area contributed by atoms with Crippen LogP contribution in [0.25, 0.3) is 0 Å². The third-order valence-corrected chi connectivity index (χ3v) is 2.91. The van der Waals surface area contributed by atoms with Gasteiger partial charge in [0.2, 0.25) is 0 Å². The molecule has 0 radical (unpaired) electrons. The van der Waals surface area contributed by atoms with Crippen molar-refractivity contribution in [3.63, 3.8) is 0 Å². The first-order valence-electron chi connectivity index (χ1n) is 3.32. The maximum Gasteiger partial charge on any atom is 0.265 e. The van der Waals surface area contributed by atoms with Crippen molar-refractivity contribution in [1.29, 1.82) is 0 Å². The highest BCUT2D eigenvalue weighted by Gasteiger charge is 2.18. The van der Waals surface area contributed by atoms with Crippen molar-refractivity contribution >= 4 is 31.9 Å². The lowest BCUT2D eigenvalue weighted by Crippen LogP contribution is -2.11. The fraction of sp³-hybridized carbons (Fsp3) is 0.286. The van der Waals surface area contributed by atoms with Crippen LogP contribution in [0.4, 0.5) is 8.78 Å². The largest absolute Gasteiger partial charge is 0.328 e. The number of hydrogen-bond acceptors (Lipinski definition) is 1. The van der Waals surface area contributed by atoms with Crippen LogP contribution in [0.2, 0.25) is 0 Å². The van der Waals surface area contributed by atoms with Gasteiger partial charge in [0.15, 0.2) is 0 Å². The van der Waals surface area contributed by atoms with Crippen molar-refractivity contribution in [2.45, 2.75) is 11.8 Å². The second-order valence-electron chi connectivity index (χ2n) is 2.31. The zero-order valence-electron chi connectivity index (χ0n) is 6.28. The molecule has 6 heteroatoms. The van der Waals surface area contributed by atoms with Crippen molar-refractivity contribution in [3.8, 4) is 0 Å². The molecule has 1 rings (SSSR count). The molecule has 0 bridgehead atoms. The molecule has 0 fully saturated rings. The fourth-order valence-corrected chi connectivity index (χ4v) is 1.91. The summed E-state index contributed by atoms with van der Waals surface area (Å²) in [6, 6.07) is 0. The van der Waals surface area contributed by atoms with Gasteiger partial charge in [-0.3, -0.25) is 4.79 Å². The van der Waals surface area contributed by atoms with Crippen LogP contribution in [0, 0.1) is 0 Å². The second kappa shape index (κ2) is 4.32. The number of aromatic nitrogens is 1. The van der Waals surface area contributed by atoms with E-state index in [4.69, 9.17) is 0 Å². The molecule has 0 saturated heterocycles. The van der Waals surface area contributed by atoms with Crippen LogP contribution in [-0.4, -0.2) is 4.98 Å². The lowest BCUT2D eigenvalue weighted by molar-refractivity contribution is 0.149. The maximum atomic E-state index is 12.5. The summed E-state index contributed by atoms with van der Waals surface area (Å²) in [5.74, 6) is 0. The lowest BCUT2D eigenvalue weighted by atomic mass is 10.2. The molecule has 1 aromatic heterocycles. The van der Waals surface area contributed by atoms with Gasteiger partial charge in [0, 0.05) is 17.1 Å². The molecule has 0 unspecified atom stereocenters. The number of rotatable bonds is 2. The van der Waals surface area contributed by atoms with Gasteiger partial charge in [-0.05, 0) is 21.5 Å². The van der Waals surface area contributed by atoms with Crippen molar-refractivity contribution in [3.05, 3.63) is 32.2 Å². The summed E-state index contributed by atoms with van der Waals surface area (Å²) < 4.78 is 24.8. The maximum absolute atomic E-state index is 12.5.